The van der Waals surface area contributed by atoms with Gasteiger partial charge < -0.3 is 5.11 Å². The smallest absolute Gasteiger partial charge is 0.238 e. The van der Waals surface area contributed by atoms with Gasteiger partial charge in [-0.25, -0.2) is 13.6 Å². The molecule has 3 N–H and O–H groups in total. The van der Waals surface area contributed by atoms with Crippen molar-refractivity contribution < 1.29 is 13.5 Å². The van der Waals surface area contributed by atoms with Crippen LogP contribution in [-0.4, -0.2) is 29.0 Å². The van der Waals surface area contributed by atoms with Crippen LogP contribution in [0.4, 0.5) is 5.69 Å². The summed E-state index contributed by atoms with van der Waals surface area (Å²) in [6.45, 7) is 4.00. The normalized spacial score (nSPS) is 16.7. The first kappa shape index (κ1) is 20.1. The van der Waals surface area contributed by atoms with E-state index >= 15 is 0 Å². The van der Waals surface area contributed by atoms with Gasteiger partial charge in [0.15, 0.2) is 0 Å². The van der Waals surface area contributed by atoms with Gasteiger partial charge in [-0.05, 0) is 67.9 Å². The number of nitrogens with two attached hydrogens (primary N) is 1. The SMILES string of the molecule is Cc1nn(C)c(C)c1[C@@H]1CC(c2ccc(O)cc2)=NN1c1ccc(S(N)(=O)=O)cc1. The maximum absolute atomic E-state index is 11.6. The third kappa shape index (κ3) is 3.57. The molecule has 3 aromatic rings. The Bertz CT molecular complexity index is 1230. The van der Waals surface area contributed by atoms with E-state index in [2.05, 4.69) is 5.10 Å². The largest absolute Gasteiger partial charge is 0.508 e. The van der Waals surface area contributed by atoms with Crippen molar-refractivity contribution >= 4 is 21.4 Å². The summed E-state index contributed by atoms with van der Waals surface area (Å²) < 4.78 is 25.1. The Hall–Kier alpha value is -3.17. The number of phenolic OH excluding ortho intramolecular Hbond substituents is 1. The number of aromatic nitrogens is 2. The van der Waals surface area contributed by atoms with Crippen molar-refractivity contribution in [2.45, 2.75) is 31.2 Å². The van der Waals surface area contributed by atoms with E-state index in [1.165, 1.54) is 12.1 Å². The lowest BCUT2D eigenvalue weighted by Gasteiger charge is -2.24. The number of phenols is 1. The summed E-state index contributed by atoms with van der Waals surface area (Å²) in [7, 11) is -1.86. The minimum absolute atomic E-state index is 0.0541. The summed E-state index contributed by atoms with van der Waals surface area (Å²) >= 11 is 0. The number of nitrogens with zero attached hydrogens (tertiary/aromatic N) is 4. The van der Waals surface area contributed by atoms with Crippen LogP contribution in [0.3, 0.4) is 0 Å². The van der Waals surface area contributed by atoms with Crippen molar-refractivity contribution in [1.29, 1.82) is 0 Å². The van der Waals surface area contributed by atoms with Crippen LogP contribution in [0, 0.1) is 13.8 Å². The van der Waals surface area contributed by atoms with Crippen molar-refractivity contribution in [2.75, 3.05) is 5.01 Å². The molecule has 30 heavy (non-hydrogen) atoms. The molecule has 2 heterocycles. The molecule has 156 valence electrons. The predicted molar refractivity (Wildman–Crippen MR) is 115 cm³/mol. The number of benzene rings is 2. The molecule has 0 aliphatic carbocycles. The molecule has 1 aliphatic heterocycles. The summed E-state index contributed by atoms with van der Waals surface area (Å²) in [6.07, 6.45) is 0.648. The number of hydrogen-bond donors (Lipinski definition) is 2. The third-order valence-electron chi connectivity index (χ3n) is 5.44. The summed E-state index contributed by atoms with van der Waals surface area (Å²) in [5, 5.41) is 26.1. The zero-order valence-corrected chi connectivity index (χ0v) is 17.8. The highest BCUT2D eigenvalue weighted by Gasteiger charge is 2.33. The van der Waals surface area contributed by atoms with Crippen molar-refractivity contribution in [3.8, 4) is 5.75 Å². The van der Waals surface area contributed by atoms with E-state index in [0.717, 1.165) is 33.9 Å². The average Bonchev–Trinajstić information content (AvgIpc) is 3.22. The highest BCUT2D eigenvalue weighted by molar-refractivity contribution is 7.89. The lowest BCUT2D eigenvalue weighted by atomic mass is 9.96. The van der Waals surface area contributed by atoms with Gasteiger partial charge in [-0.1, -0.05) is 0 Å². The van der Waals surface area contributed by atoms with E-state index in [1.807, 2.05) is 42.7 Å². The second kappa shape index (κ2) is 7.26. The molecular weight excluding hydrogens is 402 g/mol. The Labute approximate surface area is 175 Å². The van der Waals surface area contributed by atoms with Gasteiger partial charge in [-0.15, -0.1) is 0 Å². The molecule has 0 bridgehead atoms. The number of rotatable bonds is 4. The van der Waals surface area contributed by atoms with Crippen molar-refractivity contribution in [3.05, 3.63) is 71.0 Å². The monoisotopic (exact) mass is 425 g/mol. The molecule has 2 aromatic carbocycles. The van der Waals surface area contributed by atoms with Gasteiger partial charge in [-0.3, -0.25) is 9.69 Å². The number of hydrogen-bond acceptors (Lipinski definition) is 6. The topological polar surface area (TPSA) is 114 Å². The van der Waals surface area contributed by atoms with Crippen LogP contribution in [0.2, 0.25) is 0 Å². The zero-order valence-electron chi connectivity index (χ0n) is 16.9. The average molecular weight is 426 g/mol. The number of aryl methyl sites for hydroxylation is 2. The van der Waals surface area contributed by atoms with E-state index in [4.69, 9.17) is 10.2 Å². The van der Waals surface area contributed by atoms with E-state index in [1.54, 1.807) is 24.3 Å². The Morgan fingerprint density at radius 2 is 1.70 bits per heavy atom. The molecule has 0 amide bonds. The summed E-state index contributed by atoms with van der Waals surface area (Å²) in [6, 6.07) is 13.2. The van der Waals surface area contributed by atoms with E-state index in [0.29, 0.717) is 6.42 Å². The van der Waals surface area contributed by atoms with Crippen LogP contribution < -0.4 is 10.1 Å². The molecule has 0 saturated carbocycles. The standard InChI is InChI=1S/C21H23N5O3S/c1-13-21(14(2)25(3)23-13)20-12-19(15-4-8-17(27)9-5-15)24-26(20)16-6-10-18(11-7-16)30(22,28)29/h4-11,20,27H,12H2,1-3H3,(H2,22,28,29)/t20-/m0/s1. The molecule has 0 fully saturated rings. The summed E-state index contributed by atoms with van der Waals surface area (Å²) in [4.78, 5) is 0.0541. The fraction of sp³-hybridized carbons (Fsp3) is 0.238. The van der Waals surface area contributed by atoms with E-state index in [9.17, 15) is 13.5 Å². The number of sulfonamides is 1. The highest BCUT2D eigenvalue weighted by atomic mass is 32.2. The Kier molecular flexibility index (Phi) is 4.87. The van der Waals surface area contributed by atoms with E-state index < -0.39 is 10.0 Å². The van der Waals surface area contributed by atoms with Crippen LogP contribution in [0.1, 0.15) is 35.0 Å². The Balaban J connectivity index is 1.80. The fourth-order valence-electron chi connectivity index (χ4n) is 3.86. The quantitative estimate of drug-likeness (QED) is 0.667. The molecule has 1 aliphatic rings. The molecule has 1 aromatic heterocycles. The van der Waals surface area contributed by atoms with Crippen LogP contribution in [0.25, 0.3) is 0 Å². The Morgan fingerprint density at radius 1 is 1.07 bits per heavy atom. The van der Waals surface area contributed by atoms with Crippen LogP contribution in [0.15, 0.2) is 58.5 Å². The van der Waals surface area contributed by atoms with Gasteiger partial charge >= 0.3 is 0 Å². The van der Waals surface area contributed by atoms with Crippen molar-refractivity contribution in [1.82, 2.24) is 9.78 Å². The van der Waals surface area contributed by atoms with Gasteiger partial charge in [0.2, 0.25) is 10.0 Å². The minimum atomic E-state index is -3.77. The number of aromatic hydroxyl groups is 1. The molecule has 0 spiro atoms. The Morgan fingerprint density at radius 3 is 2.23 bits per heavy atom. The molecule has 8 nitrogen and oxygen atoms in total. The molecule has 0 unspecified atom stereocenters. The lowest BCUT2D eigenvalue weighted by molar-refractivity contribution is 0.475. The third-order valence-corrected chi connectivity index (χ3v) is 6.37. The molecular formula is C21H23N5O3S. The second-order valence-electron chi connectivity index (χ2n) is 7.41. The second-order valence-corrected chi connectivity index (χ2v) is 8.97. The highest BCUT2D eigenvalue weighted by Crippen LogP contribution is 2.39. The van der Waals surface area contributed by atoms with Crippen LogP contribution >= 0.6 is 0 Å². The fourth-order valence-corrected chi connectivity index (χ4v) is 4.38. The first-order chi connectivity index (χ1) is 14.1. The predicted octanol–water partition coefficient (Wildman–Crippen LogP) is 2.75. The van der Waals surface area contributed by atoms with Gasteiger partial charge in [0.25, 0.3) is 0 Å². The first-order valence-corrected chi connectivity index (χ1v) is 11.0. The molecule has 0 radical (unpaired) electrons. The number of primary sulfonamides is 1. The summed E-state index contributed by atoms with van der Waals surface area (Å²) in [5.74, 6) is 0.197. The van der Waals surface area contributed by atoms with Gasteiger partial charge in [0.05, 0.1) is 28.0 Å². The molecule has 9 heteroatoms. The maximum Gasteiger partial charge on any atom is 0.238 e. The van der Waals surface area contributed by atoms with E-state index in [-0.39, 0.29) is 16.7 Å². The van der Waals surface area contributed by atoms with Crippen molar-refractivity contribution in [2.24, 2.45) is 17.3 Å². The van der Waals surface area contributed by atoms with Crippen molar-refractivity contribution in [3.63, 3.8) is 0 Å². The minimum Gasteiger partial charge on any atom is -0.508 e. The number of hydrazone groups is 1. The van der Waals surface area contributed by atoms with Crippen LogP contribution in [0.5, 0.6) is 5.75 Å². The molecule has 0 saturated heterocycles. The molecule has 1 atom stereocenters. The number of anilines is 1. The maximum atomic E-state index is 11.6. The van der Waals surface area contributed by atoms with Crippen LogP contribution in [-0.2, 0) is 17.1 Å². The lowest BCUT2D eigenvalue weighted by Crippen LogP contribution is -2.20. The van der Waals surface area contributed by atoms with Gasteiger partial charge in [0, 0.05) is 24.7 Å². The van der Waals surface area contributed by atoms with Gasteiger partial charge in [0.1, 0.15) is 5.75 Å². The summed E-state index contributed by atoms with van der Waals surface area (Å²) in [5.41, 5.74) is 5.60. The molecule has 4 rings (SSSR count). The van der Waals surface area contributed by atoms with Gasteiger partial charge in [-0.2, -0.15) is 10.2 Å². The first-order valence-electron chi connectivity index (χ1n) is 9.44. The zero-order chi connectivity index (χ0) is 21.6.